The number of allylic oxidation sites excluding steroid dienone is 2. The average Bonchev–Trinajstić information content (AvgIpc) is 2.88. The molecule has 3 rings (SSSR count). The molecule has 1 aliphatic carbocycles. The van der Waals surface area contributed by atoms with Crippen molar-refractivity contribution in [3.05, 3.63) is 23.3 Å². The van der Waals surface area contributed by atoms with E-state index in [1.165, 1.54) is 18.1 Å². The lowest BCUT2D eigenvalue weighted by Crippen LogP contribution is -2.50. The molecule has 0 aromatic carbocycles. The molecule has 140 valence electrons. The fourth-order valence-electron chi connectivity index (χ4n) is 5.53. The third-order valence-electron chi connectivity index (χ3n) is 6.71. The van der Waals surface area contributed by atoms with E-state index in [-0.39, 0.29) is 18.2 Å². The number of carbonyl (C=O) groups excluding carboxylic acids is 1. The summed E-state index contributed by atoms with van der Waals surface area (Å²) >= 11 is 0. The predicted molar refractivity (Wildman–Crippen MR) is 100 cm³/mol. The van der Waals surface area contributed by atoms with Gasteiger partial charge in [0.15, 0.2) is 0 Å². The number of esters is 1. The van der Waals surface area contributed by atoms with Gasteiger partial charge in [0.2, 0.25) is 0 Å². The van der Waals surface area contributed by atoms with Gasteiger partial charge in [-0.05, 0) is 58.3 Å². The standard InChI is InChI=1S/C22H34O3/c1-13(2)17-10-9-15(4)19-18-12-14(3)8-7-11-22(6,25-16(5)23)21(24-18)20(17)19/h8-9,13,17-21H,7,10-12H2,1-6H3/b14-8+/t17-,18+,19-,20-,21+,22-/m1/s1. The van der Waals surface area contributed by atoms with Crippen LogP contribution < -0.4 is 0 Å². The van der Waals surface area contributed by atoms with Crippen LogP contribution in [0.15, 0.2) is 23.3 Å². The Morgan fingerprint density at radius 3 is 2.68 bits per heavy atom. The van der Waals surface area contributed by atoms with Crippen LogP contribution in [0, 0.1) is 23.7 Å². The smallest absolute Gasteiger partial charge is 0.303 e. The third-order valence-corrected chi connectivity index (χ3v) is 6.71. The van der Waals surface area contributed by atoms with Gasteiger partial charge in [-0.2, -0.15) is 0 Å². The SMILES string of the molecule is CC(=O)O[C@]1(C)CC/C=C(\C)C[C@@H]2O[C@H]1[C@H]1[C@@H]2C(C)=CC[C@@H]1C(C)C. The zero-order valence-corrected chi connectivity index (χ0v) is 16.7. The first kappa shape index (κ1) is 18.7. The van der Waals surface area contributed by atoms with Crippen molar-refractivity contribution in [3.8, 4) is 0 Å². The number of carbonyl (C=O) groups is 1. The van der Waals surface area contributed by atoms with Gasteiger partial charge in [0, 0.05) is 18.8 Å². The van der Waals surface area contributed by atoms with Gasteiger partial charge in [-0.1, -0.05) is 37.1 Å². The summed E-state index contributed by atoms with van der Waals surface area (Å²) in [6.45, 7) is 12.7. The second-order valence-electron chi connectivity index (χ2n) is 8.99. The summed E-state index contributed by atoms with van der Waals surface area (Å²) in [6.07, 6.45) is 8.81. The monoisotopic (exact) mass is 346 g/mol. The number of rotatable bonds is 2. The van der Waals surface area contributed by atoms with Gasteiger partial charge in [0.1, 0.15) is 11.7 Å². The van der Waals surface area contributed by atoms with Gasteiger partial charge < -0.3 is 9.47 Å². The first-order valence-corrected chi connectivity index (χ1v) is 9.90. The highest BCUT2D eigenvalue weighted by molar-refractivity contribution is 5.66. The molecule has 2 bridgehead atoms. The second kappa shape index (κ2) is 6.90. The Kier molecular flexibility index (Phi) is 5.16. The summed E-state index contributed by atoms with van der Waals surface area (Å²) in [4.78, 5) is 11.9. The van der Waals surface area contributed by atoms with E-state index in [9.17, 15) is 4.79 Å². The van der Waals surface area contributed by atoms with Gasteiger partial charge in [-0.25, -0.2) is 0 Å². The maximum atomic E-state index is 11.9. The molecular formula is C22H34O3. The molecule has 0 aromatic rings. The van der Waals surface area contributed by atoms with Crippen molar-refractivity contribution in [2.75, 3.05) is 0 Å². The minimum absolute atomic E-state index is 0.0123. The number of ether oxygens (including phenoxy) is 2. The van der Waals surface area contributed by atoms with E-state index >= 15 is 0 Å². The van der Waals surface area contributed by atoms with E-state index in [0.717, 1.165) is 25.7 Å². The minimum atomic E-state index is -0.546. The lowest BCUT2D eigenvalue weighted by Gasteiger charge is -2.43. The molecule has 0 N–H and O–H groups in total. The van der Waals surface area contributed by atoms with E-state index in [1.54, 1.807) is 0 Å². The Hall–Kier alpha value is -1.09. The predicted octanol–water partition coefficient (Wildman–Crippen LogP) is 5.06. The summed E-state index contributed by atoms with van der Waals surface area (Å²) in [6, 6.07) is 0. The molecule has 0 aromatic heterocycles. The summed E-state index contributed by atoms with van der Waals surface area (Å²) in [5.74, 6) is 1.87. The van der Waals surface area contributed by atoms with Crippen LogP contribution in [0.2, 0.25) is 0 Å². The quantitative estimate of drug-likeness (QED) is 0.518. The van der Waals surface area contributed by atoms with E-state index in [4.69, 9.17) is 9.47 Å². The molecule has 0 radical (unpaired) electrons. The molecule has 1 saturated heterocycles. The lowest BCUT2D eigenvalue weighted by molar-refractivity contribution is -0.178. The lowest BCUT2D eigenvalue weighted by atomic mass is 9.63. The van der Waals surface area contributed by atoms with Crippen LogP contribution in [-0.4, -0.2) is 23.8 Å². The second-order valence-corrected chi connectivity index (χ2v) is 8.99. The molecule has 0 unspecified atom stereocenters. The molecule has 3 heteroatoms. The van der Waals surface area contributed by atoms with Crippen LogP contribution in [0.5, 0.6) is 0 Å². The van der Waals surface area contributed by atoms with Gasteiger partial charge >= 0.3 is 5.97 Å². The maximum absolute atomic E-state index is 11.9. The van der Waals surface area contributed by atoms with Gasteiger partial charge in [-0.15, -0.1) is 0 Å². The summed E-state index contributed by atoms with van der Waals surface area (Å²) in [5, 5.41) is 0. The number of hydrogen-bond acceptors (Lipinski definition) is 3. The number of hydrogen-bond donors (Lipinski definition) is 0. The molecule has 2 heterocycles. The van der Waals surface area contributed by atoms with Crippen molar-refractivity contribution in [1.82, 2.24) is 0 Å². The van der Waals surface area contributed by atoms with E-state index in [0.29, 0.717) is 23.7 Å². The zero-order valence-electron chi connectivity index (χ0n) is 16.7. The van der Waals surface area contributed by atoms with Crippen LogP contribution in [0.1, 0.15) is 67.2 Å². The van der Waals surface area contributed by atoms with E-state index < -0.39 is 5.60 Å². The van der Waals surface area contributed by atoms with Crippen molar-refractivity contribution >= 4 is 5.97 Å². The molecule has 0 spiro atoms. The molecule has 3 nitrogen and oxygen atoms in total. The number of fused-ring (bicyclic) bond motifs is 5. The average molecular weight is 347 g/mol. The third kappa shape index (κ3) is 3.45. The highest BCUT2D eigenvalue weighted by Crippen LogP contribution is 2.53. The molecule has 2 aliphatic heterocycles. The molecule has 6 atom stereocenters. The summed E-state index contributed by atoms with van der Waals surface area (Å²) in [7, 11) is 0. The summed E-state index contributed by atoms with van der Waals surface area (Å²) in [5.41, 5.74) is 2.32. The Morgan fingerprint density at radius 2 is 2.04 bits per heavy atom. The van der Waals surface area contributed by atoms with Crippen molar-refractivity contribution in [2.45, 2.75) is 85.0 Å². The first-order valence-electron chi connectivity index (χ1n) is 9.90. The van der Waals surface area contributed by atoms with Crippen LogP contribution >= 0.6 is 0 Å². The van der Waals surface area contributed by atoms with Gasteiger partial charge in [0.05, 0.1) is 6.10 Å². The largest absolute Gasteiger partial charge is 0.457 e. The van der Waals surface area contributed by atoms with Crippen LogP contribution in [0.4, 0.5) is 0 Å². The molecule has 25 heavy (non-hydrogen) atoms. The van der Waals surface area contributed by atoms with Gasteiger partial charge in [-0.3, -0.25) is 4.79 Å². The molecule has 0 amide bonds. The fraction of sp³-hybridized carbons (Fsp3) is 0.773. The van der Waals surface area contributed by atoms with E-state index in [1.807, 2.05) is 0 Å². The van der Waals surface area contributed by atoms with Crippen molar-refractivity contribution in [3.63, 3.8) is 0 Å². The summed E-state index contributed by atoms with van der Waals surface area (Å²) < 4.78 is 12.6. The van der Waals surface area contributed by atoms with Crippen LogP contribution in [0.3, 0.4) is 0 Å². The Bertz CT molecular complexity index is 588. The molecular weight excluding hydrogens is 312 g/mol. The highest BCUT2D eigenvalue weighted by atomic mass is 16.6. The van der Waals surface area contributed by atoms with Crippen LogP contribution in [-0.2, 0) is 14.3 Å². The van der Waals surface area contributed by atoms with Crippen LogP contribution in [0.25, 0.3) is 0 Å². The van der Waals surface area contributed by atoms with Crippen molar-refractivity contribution < 1.29 is 14.3 Å². The first-order chi connectivity index (χ1) is 11.7. The zero-order chi connectivity index (χ0) is 18.4. The Labute approximate surface area is 152 Å². The topological polar surface area (TPSA) is 35.5 Å². The normalized spacial score (nSPS) is 43.2. The molecule has 0 saturated carbocycles. The van der Waals surface area contributed by atoms with E-state index in [2.05, 4.69) is 46.8 Å². The fourth-order valence-corrected chi connectivity index (χ4v) is 5.53. The Balaban J connectivity index is 2.06. The van der Waals surface area contributed by atoms with Crippen molar-refractivity contribution in [1.29, 1.82) is 0 Å². The highest BCUT2D eigenvalue weighted by Gasteiger charge is 2.57. The maximum Gasteiger partial charge on any atom is 0.303 e. The Morgan fingerprint density at radius 1 is 1.32 bits per heavy atom. The molecule has 1 fully saturated rings. The molecule has 3 aliphatic rings. The minimum Gasteiger partial charge on any atom is -0.457 e. The van der Waals surface area contributed by atoms with Crippen molar-refractivity contribution in [2.24, 2.45) is 23.7 Å². The van der Waals surface area contributed by atoms with Gasteiger partial charge in [0.25, 0.3) is 0 Å².